The normalized spacial score (nSPS) is 12.5. The van der Waals surface area contributed by atoms with E-state index in [1.54, 1.807) is 0 Å². The van der Waals surface area contributed by atoms with Crippen LogP contribution in [-0.4, -0.2) is 50.7 Å². The molecule has 0 radical (unpaired) electrons. The lowest BCUT2D eigenvalue weighted by molar-refractivity contribution is -0.142. The van der Waals surface area contributed by atoms with Crippen LogP contribution in [0.1, 0.15) is 39.5 Å². The van der Waals surface area contributed by atoms with Crippen LogP contribution in [0.2, 0.25) is 0 Å². The summed E-state index contributed by atoms with van der Waals surface area (Å²) in [5, 5.41) is 8.34. The largest absolute Gasteiger partial charge is 0.480 e. The summed E-state index contributed by atoms with van der Waals surface area (Å²) < 4.78 is 15.7. The van der Waals surface area contributed by atoms with Crippen LogP contribution in [0.25, 0.3) is 0 Å². The van der Waals surface area contributed by atoms with Crippen molar-refractivity contribution in [3.63, 3.8) is 0 Å². The number of carboxylic acid groups (broad SMARTS) is 1. The molecule has 0 aliphatic carbocycles. The minimum absolute atomic E-state index is 0.268. The number of rotatable bonds is 14. The van der Waals surface area contributed by atoms with Gasteiger partial charge in [0.15, 0.2) is 0 Å². The predicted molar refractivity (Wildman–Crippen MR) is 73.4 cm³/mol. The number of unbranched alkanes of at least 4 members (excludes halogenated alkanes) is 1. The summed E-state index contributed by atoms with van der Waals surface area (Å²) in [6.07, 6.45) is 4.88. The fourth-order valence-electron chi connectivity index (χ4n) is 1.65. The molecule has 0 fully saturated rings. The summed E-state index contributed by atoms with van der Waals surface area (Å²) in [5.74, 6) is -0.306. The highest BCUT2D eigenvalue weighted by Crippen LogP contribution is 2.12. The molecule has 0 bridgehead atoms. The van der Waals surface area contributed by atoms with E-state index in [1.165, 1.54) is 19.3 Å². The van der Waals surface area contributed by atoms with Crippen LogP contribution >= 0.6 is 0 Å². The van der Waals surface area contributed by atoms with E-state index in [0.717, 1.165) is 13.0 Å². The molecule has 0 amide bonds. The van der Waals surface area contributed by atoms with Crippen LogP contribution in [0.4, 0.5) is 0 Å². The summed E-state index contributed by atoms with van der Waals surface area (Å²) in [6, 6.07) is 0. The van der Waals surface area contributed by atoms with Crippen molar-refractivity contribution in [1.82, 2.24) is 0 Å². The van der Waals surface area contributed by atoms with Gasteiger partial charge >= 0.3 is 5.97 Å². The fraction of sp³-hybridized carbons (Fsp3) is 0.929. The monoisotopic (exact) mass is 276 g/mol. The van der Waals surface area contributed by atoms with E-state index in [1.807, 2.05) is 0 Å². The van der Waals surface area contributed by atoms with Gasteiger partial charge in [-0.2, -0.15) is 0 Å². The summed E-state index contributed by atoms with van der Waals surface area (Å²) in [6.45, 7) is 6.75. The second-order valence-corrected chi connectivity index (χ2v) is 4.55. The number of ether oxygens (including phenoxy) is 3. The van der Waals surface area contributed by atoms with E-state index in [9.17, 15) is 4.79 Å². The van der Waals surface area contributed by atoms with Gasteiger partial charge in [0, 0.05) is 6.61 Å². The average molecular weight is 276 g/mol. The molecular weight excluding hydrogens is 248 g/mol. The third-order valence-electron chi connectivity index (χ3n) is 2.87. The Kier molecular flexibility index (Phi) is 13.3. The average Bonchev–Trinajstić information content (AvgIpc) is 2.40. The first-order chi connectivity index (χ1) is 9.20. The van der Waals surface area contributed by atoms with Gasteiger partial charge in [0.1, 0.15) is 6.61 Å². The molecule has 5 heteroatoms. The molecule has 0 aliphatic rings. The van der Waals surface area contributed by atoms with Gasteiger partial charge < -0.3 is 19.3 Å². The van der Waals surface area contributed by atoms with E-state index in [-0.39, 0.29) is 6.61 Å². The smallest absolute Gasteiger partial charge is 0.329 e. The number of carboxylic acids is 1. The van der Waals surface area contributed by atoms with Gasteiger partial charge in [-0.25, -0.2) is 4.79 Å². The minimum Gasteiger partial charge on any atom is -0.480 e. The zero-order valence-corrected chi connectivity index (χ0v) is 12.2. The third-order valence-corrected chi connectivity index (χ3v) is 2.87. The molecule has 0 saturated carbocycles. The number of carbonyl (C=O) groups is 1. The Morgan fingerprint density at radius 3 is 2.26 bits per heavy atom. The molecule has 0 aliphatic heterocycles. The molecule has 0 saturated heterocycles. The number of hydrogen-bond acceptors (Lipinski definition) is 4. The van der Waals surface area contributed by atoms with Gasteiger partial charge in [-0.1, -0.05) is 33.1 Å². The number of hydrogen-bond donors (Lipinski definition) is 1. The minimum atomic E-state index is -0.957. The molecule has 0 heterocycles. The highest BCUT2D eigenvalue weighted by atomic mass is 16.5. The highest BCUT2D eigenvalue weighted by molar-refractivity contribution is 5.67. The maximum absolute atomic E-state index is 10.2. The SMILES string of the molecule is CCCCC(CC)COCCOCCOCC(=O)O. The van der Waals surface area contributed by atoms with Crippen molar-refractivity contribution in [3.8, 4) is 0 Å². The van der Waals surface area contributed by atoms with Gasteiger partial charge in [-0.05, 0) is 12.3 Å². The predicted octanol–water partition coefficient (Wildman–Crippen LogP) is 2.34. The number of aliphatic carboxylic acids is 1. The summed E-state index contributed by atoms with van der Waals surface area (Å²) in [4.78, 5) is 10.2. The van der Waals surface area contributed by atoms with Gasteiger partial charge in [0.2, 0.25) is 0 Å². The van der Waals surface area contributed by atoms with Gasteiger partial charge in [-0.3, -0.25) is 0 Å². The van der Waals surface area contributed by atoms with E-state index in [0.29, 0.717) is 32.3 Å². The van der Waals surface area contributed by atoms with Crippen molar-refractivity contribution in [2.24, 2.45) is 5.92 Å². The van der Waals surface area contributed by atoms with Crippen molar-refractivity contribution in [2.45, 2.75) is 39.5 Å². The van der Waals surface area contributed by atoms with Crippen LogP contribution in [0.3, 0.4) is 0 Å². The molecule has 5 nitrogen and oxygen atoms in total. The van der Waals surface area contributed by atoms with E-state index in [2.05, 4.69) is 13.8 Å². The molecule has 1 N–H and O–H groups in total. The Morgan fingerprint density at radius 2 is 1.68 bits per heavy atom. The zero-order chi connectivity index (χ0) is 14.3. The van der Waals surface area contributed by atoms with Gasteiger partial charge in [0.25, 0.3) is 0 Å². The Labute approximate surface area is 116 Å². The van der Waals surface area contributed by atoms with E-state index in [4.69, 9.17) is 19.3 Å². The van der Waals surface area contributed by atoms with Crippen LogP contribution in [0, 0.1) is 5.92 Å². The lowest BCUT2D eigenvalue weighted by Gasteiger charge is -2.14. The maximum Gasteiger partial charge on any atom is 0.329 e. The second-order valence-electron chi connectivity index (χ2n) is 4.55. The summed E-state index contributed by atoms with van der Waals surface area (Å²) >= 11 is 0. The lowest BCUT2D eigenvalue weighted by Crippen LogP contribution is -2.15. The molecule has 0 rings (SSSR count). The third kappa shape index (κ3) is 13.6. The molecule has 0 aromatic heterocycles. The lowest BCUT2D eigenvalue weighted by atomic mass is 10.0. The quantitative estimate of drug-likeness (QED) is 0.493. The molecule has 19 heavy (non-hydrogen) atoms. The Hall–Kier alpha value is -0.650. The first kappa shape index (κ1) is 18.4. The van der Waals surface area contributed by atoms with E-state index < -0.39 is 5.97 Å². The van der Waals surface area contributed by atoms with Crippen molar-refractivity contribution < 1.29 is 24.1 Å². The van der Waals surface area contributed by atoms with Gasteiger partial charge in [-0.15, -0.1) is 0 Å². The van der Waals surface area contributed by atoms with Crippen LogP contribution in [0.5, 0.6) is 0 Å². The van der Waals surface area contributed by atoms with Crippen molar-refractivity contribution in [2.75, 3.05) is 39.6 Å². The second kappa shape index (κ2) is 13.8. The zero-order valence-electron chi connectivity index (χ0n) is 12.2. The van der Waals surface area contributed by atoms with E-state index >= 15 is 0 Å². The molecular formula is C14H28O5. The fourth-order valence-corrected chi connectivity index (χ4v) is 1.65. The first-order valence-corrected chi connectivity index (χ1v) is 7.15. The molecule has 0 spiro atoms. The molecule has 114 valence electrons. The molecule has 0 aromatic carbocycles. The topological polar surface area (TPSA) is 65.0 Å². The molecule has 1 atom stereocenters. The van der Waals surface area contributed by atoms with Crippen LogP contribution in [-0.2, 0) is 19.0 Å². The summed E-state index contributed by atoms with van der Waals surface area (Å²) in [7, 11) is 0. The van der Waals surface area contributed by atoms with Gasteiger partial charge in [0.05, 0.1) is 26.4 Å². The Bertz CT molecular complexity index is 208. The maximum atomic E-state index is 10.2. The summed E-state index contributed by atoms with van der Waals surface area (Å²) in [5.41, 5.74) is 0. The Morgan fingerprint density at radius 1 is 1.05 bits per heavy atom. The molecule has 0 aromatic rings. The van der Waals surface area contributed by atoms with Crippen LogP contribution < -0.4 is 0 Å². The highest BCUT2D eigenvalue weighted by Gasteiger charge is 2.05. The Balaban J connectivity index is 3.22. The van der Waals surface area contributed by atoms with Crippen molar-refractivity contribution in [3.05, 3.63) is 0 Å². The first-order valence-electron chi connectivity index (χ1n) is 7.15. The van der Waals surface area contributed by atoms with Crippen molar-refractivity contribution >= 4 is 5.97 Å². The standard InChI is InChI=1S/C14H28O5/c1-3-5-6-13(4-2)11-18-9-7-17-8-10-19-12-14(15)16/h13H,3-12H2,1-2H3,(H,15,16). The molecule has 1 unspecified atom stereocenters. The van der Waals surface area contributed by atoms with Crippen LogP contribution in [0.15, 0.2) is 0 Å². The van der Waals surface area contributed by atoms with Crippen molar-refractivity contribution in [1.29, 1.82) is 0 Å².